The quantitative estimate of drug-likeness (QED) is 0.399. The number of hydrogen-bond donors (Lipinski definition) is 0. The Bertz CT molecular complexity index is 264. The summed E-state index contributed by atoms with van der Waals surface area (Å²) in [5.74, 6) is 0. The van der Waals surface area contributed by atoms with E-state index in [0.29, 0.717) is 10.6 Å². The second-order valence-corrected chi connectivity index (χ2v) is 2.78. The van der Waals surface area contributed by atoms with E-state index in [1.807, 2.05) is 0 Å². The summed E-state index contributed by atoms with van der Waals surface area (Å²) in [5, 5.41) is 3.12. The van der Waals surface area contributed by atoms with Crippen molar-refractivity contribution in [2.24, 2.45) is 5.18 Å². The molecule has 0 heterocycles. The molecule has 0 saturated heterocycles. The molecule has 58 valence electrons. The van der Waals surface area contributed by atoms with Crippen LogP contribution in [0.4, 0.5) is 0 Å². The Hall–Kier alpha value is -0.600. The molecule has 0 aliphatic heterocycles. The molecule has 0 bridgehead atoms. The van der Waals surface area contributed by atoms with Crippen LogP contribution in [0.1, 0.15) is 11.1 Å². The van der Waals surface area contributed by atoms with Gasteiger partial charge in [0.05, 0.1) is 0 Å². The molecule has 0 amide bonds. The molecule has 4 heteroatoms. The number of benzene rings is 1. The normalized spacial score (nSPS) is 12.5. The van der Waals surface area contributed by atoms with Crippen molar-refractivity contribution in [1.82, 2.24) is 0 Å². The lowest BCUT2D eigenvalue weighted by molar-refractivity contribution is 1.01. The third-order valence-corrected chi connectivity index (χ3v) is 1.91. The predicted octanol–water partition coefficient (Wildman–Crippen LogP) is 3.34. The Morgan fingerprint density at radius 3 is 2.55 bits per heavy atom. The number of halogens is 2. The zero-order chi connectivity index (χ0) is 8.27. The van der Waals surface area contributed by atoms with Crippen LogP contribution in [0.15, 0.2) is 29.4 Å². The summed E-state index contributed by atoms with van der Waals surface area (Å²) in [4.78, 5) is 10.0. The lowest BCUT2D eigenvalue weighted by Gasteiger charge is -2.01. The van der Waals surface area contributed by atoms with Crippen molar-refractivity contribution >= 4 is 23.2 Å². The molecule has 0 aromatic heterocycles. The summed E-state index contributed by atoms with van der Waals surface area (Å²) in [6.45, 7) is 0. The van der Waals surface area contributed by atoms with Gasteiger partial charge in [0.1, 0.15) is 0 Å². The maximum absolute atomic E-state index is 10.0. The second kappa shape index (κ2) is 3.69. The van der Waals surface area contributed by atoms with Crippen molar-refractivity contribution in [2.75, 3.05) is 0 Å². The van der Waals surface area contributed by atoms with Crippen LogP contribution in [0.2, 0.25) is 5.02 Å². The molecule has 0 aliphatic rings. The summed E-state index contributed by atoms with van der Waals surface area (Å²) in [7, 11) is 0. The summed E-state index contributed by atoms with van der Waals surface area (Å²) < 4.78 is 0. The highest BCUT2D eigenvalue weighted by atomic mass is 35.5. The third-order valence-electron chi connectivity index (χ3n) is 1.25. The van der Waals surface area contributed by atoms with E-state index in [2.05, 4.69) is 5.18 Å². The van der Waals surface area contributed by atoms with E-state index in [9.17, 15) is 4.91 Å². The molecule has 1 atom stereocenters. The average molecular weight is 190 g/mol. The lowest BCUT2D eigenvalue weighted by atomic mass is 10.2. The topological polar surface area (TPSA) is 29.4 Å². The smallest absolute Gasteiger partial charge is 0.149 e. The van der Waals surface area contributed by atoms with Crippen LogP contribution in [-0.4, -0.2) is 0 Å². The van der Waals surface area contributed by atoms with E-state index < -0.39 is 5.50 Å². The maximum atomic E-state index is 10.0. The molecule has 0 fully saturated rings. The Morgan fingerprint density at radius 2 is 2.00 bits per heavy atom. The molecule has 1 rings (SSSR count). The van der Waals surface area contributed by atoms with E-state index in [1.165, 1.54) is 0 Å². The summed E-state index contributed by atoms with van der Waals surface area (Å²) in [6.07, 6.45) is 0. The first kappa shape index (κ1) is 8.50. The standard InChI is InChI=1S/C7H5Cl2NO/c8-6-4-2-1-3-5(6)7(9)10-11/h1-4,7H. The van der Waals surface area contributed by atoms with Gasteiger partial charge in [-0.25, -0.2) is 0 Å². The van der Waals surface area contributed by atoms with Crippen molar-refractivity contribution in [2.45, 2.75) is 5.50 Å². The van der Waals surface area contributed by atoms with Crippen LogP contribution >= 0.6 is 23.2 Å². The fraction of sp³-hybridized carbons (Fsp3) is 0.143. The van der Waals surface area contributed by atoms with Crippen molar-refractivity contribution in [3.05, 3.63) is 39.8 Å². The molecule has 0 radical (unpaired) electrons. The van der Waals surface area contributed by atoms with Crippen LogP contribution in [0.25, 0.3) is 0 Å². The summed E-state index contributed by atoms with van der Waals surface area (Å²) in [5.41, 5.74) is -0.338. The Kier molecular flexibility index (Phi) is 2.85. The molecular weight excluding hydrogens is 185 g/mol. The van der Waals surface area contributed by atoms with E-state index in [0.717, 1.165) is 0 Å². The van der Waals surface area contributed by atoms with Crippen LogP contribution in [0.5, 0.6) is 0 Å². The van der Waals surface area contributed by atoms with Crippen molar-refractivity contribution in [3.8, 4) is 0 Å². The molecule has 0 N–H and O–H groups in total. The predicted molar refractivity (Wildman–Crippen MR) is 45.8 cm³/mol. The van der Waals surface area contributed by atoms with Crippen molar-refractivity contribution in [1.29, 1.82) is 0 Å². The zero-order valence-electron chi connectivity index (χ0n) is 5.50. The van der Waals surface area contributed by atoms with E-state index in [4.69, 9.17) is 23.2 Å². The average Bonchev–Trinajstić information content (AvgIpc) is 2.04. The molecule has 0 aliphatic carbocycles. The van der Waals surface area contributed by atoms with E-state index in [-0.39, 0.29) is 0 Å². The van der Waals surface area contributed by atoms with Crippen molar-refractivity contribution in [3.63, 3.8) is 0 Å². The summed E-state index contributed by atoms with van der Waals surface area (Å²) in [6, 6.07) is 6.85. The highest BCUT2D eigenvalue weighted by Crippen LogP contribution is 2.27. The molecule has 1 aromatic rings. The van der Waals surface area contributed by atoms with Gasteiger partial charge in [-0.2, -0.15) is 0 Å². The van der Waals surface area contributed by atoms with Gasteiger partial charge in [0.15, 0.2) is 5.50 Å². The highest BCUT2D eigenvalue weighted by molar-refractivity contribution is 6.32. The molecular formula is C7H5Cl2NO. The minimum atomic E-state index is -0.885. The van der Waals surface area contributed by atoms with Gasteiger partial charge in [-0.1, -0.05) is 41.4 Å². The molecule has 11 heavy (non-hydrogen) atoms. The highest BCUT2D eigenvalue weighted by Gasteiger charge is 2.09. The SMILES string of the molecule is O=NC(Cl)c1ccccc1Cl. The van der Waals surface area contributed by atoms with Crippen LogP contribution in [0.3, 0.4) is 0 Å². The Morgan fingerprint density at radius 1 is 1.36 bits per heavy atom. The first-order valence-electron chi connectivity index (χ1n) is 2.96. The van der Waals surface area contributed by atoms with Gasteiger partial charge in [0.2, 0.25) is 0 Å². The van der Waals surface area contributed by atoms with Crippen LogP contribution in [0, 0.1) is 4.91 Å². The first-order chi connectivity index (χ1) is 5.25. The van der Waals surface area contributed by atoms with E-state index >= 15 is 0 Å². The lowest BCUT2D eigenvalue weighted by Crippen LogP contribution is -1.85. The number of alkyl halides is 1. The maximum Gasteiger partial charge on any atom is 0.191 e. The van der Waals surface area contributed by atoms with Gasteiger partial charge < -0.3 is 0 Å². The van der Waals surface area contributed by atoms with Gasteiger partial charge >= 0.3 is 0 Å². The molecule has 1 aromatic carbocycles. The fourth-order valence-electron chi connectivity index (χ4n) is 0.725. The largest absolute Gasteiger partial charge is 0.191 e. The van der Waals surface area contributed by atoms with Gasteiger partial charge in [-0.3, -0.25) is 0 Å². The van der Waals surface area contributed by atoms with Crippen LogP contribution in [-0.2, 0) is 0 Å². The first-order valence-corrected chi connectivity index (χ1v) is 3.78. The van der Waals surface area contributed by atoms with Gasteiger partial charge in [-0.05, 0) is 11.2 Å². The van der Waals surface area contributed by atoms with Crippen molar-refractivity contribution < 1.29 is 0 Å². The number of hydrogen-bond acceptors (Lipinski definition) is 2. The Labute approximate surface area is 74.1 Å². The zero-order valence-corrected chi connectivity index (χ0v) is 7.01. The molecule has 2 nitrogen and oxygen atoms in total. The van der Waals surface area contributed by atoms with Gasteiger partial charge in [-0.15, -0.1) is 4.91 Å². The summed E-state index contributed by atoms with van der Waals surface area (Å²) >= 11 is 11.2. The molecule has 1 unspecified atom stereocenters. The number of nitroso groups, excluding NO2 is 1. The minimum Gasteiger partial charge on any atom is -0.149 e. The molecule has 0 spiro atoms. The van der Waals surface area contributed by atoms with E-state index in [1.54, 1.807) is 24.3 Å². The number of nitrogens with zero attached hydrogens (tertiary/aromatic N) is 1. The van der Waals surface area contributed by atoms with Gasteiger partial charge in [0.25, 0.3) is 0 Å². The second-order valence-electron chi connectivity index (χ2n) is 1.96. The van der Waals surface area contributed by atoms with Crippen LogP contribution < -0.4 is 0 Å². The Balaban J connectivity index is 3.02. The fourth-order valence-corrected chi connectivity index (χ4v) is 1.21. The molecule has 0 saturated carbocycles. The monoisotopic (exact) mass is 189 g/mol. The number of rotatable bonds is 2. The minimum absolute atomic E-state index is 0.465. The third kappa shape index (κ3) is 1.91. The van der Waals surface area contributed by atoms with Gasteiger partial charge in [0, 0.05) is 10.6 Å².